The van der Waals surface area contributed by atoms with Gasteiger partial charge < -0.3 is 16.0 Å². The maximum atomic E-state index is 14.5. The maximum Gasteiger partial charge on any atom is 0.157 e. The van der Waals surface area contributed by atoms with Crippen molar-refractivity contribution in [2.24, 2.45) is 5.73 Å². The molecule has 0 bridgehead atoms. The van der Waals surface area contributed by atoms with Gasteiger partial charge in [0.1, 0.15) is 23.1 Å². The molecule has 0 aliphatic carbocycles. The van der Waals surface area contributed by atoms with Crippen molar-refractivity contribution < 1.29 is 8.78 Å². The number of hydrogen-bond donors (Lipinski definition) is 3. The molecule has 120 valence electrons. The second-order valence-electron chi connectivity index (χ2n) is 5.24. The third kappa shape index (κ3) is 3.00. The SMILES string of the molecule is Cc1nc(NCc2ccccc2F)c2c(F)c(CCN)[nH]c2n1. The van der Waals surface area contributed by atoms with Crippen LogP contribution in [-0.4, -0.2) is 21.5 Å². The van der Waals surface area contributed by atoms with E-state index in [1.165, 1.54) is 6.07 Å². The molecular formula is C16H17F2N5. The number of nitrogens with zero attached hydrogens (tertiary/aromatic N) is 2. The minimum atomic E-state index is -0.415. The lowest BCUT2D eigenvalue weighted by atomic mass is 10.2. The number of hydrogen-bond acceptors (Lipinski definition) is 4. The maximum absolute atomic E-state index is 14.5. The van der Waals surface area contributed by atoms with Gasteiger partial charge in [-0.2, -0.15) is 0 Å². The van der Waals surface area contributed by atoms with Gasteiger partial charge in [-0.25, -0.2) is 18.7 Å². The monoisotopic (exact) mass is 317 g/mol. The van der Waals surface area contributed by atoms with Crippen LogP contribution in [0.1, 0.15) is 17.1 Å². The van der Waals surface area contributed by atoms with Gasteiger partial charge in [-0.15, -0.1) is 0 Å². The summed E-state index contributed by atoms with van der Waals surface area (Å²) in [7, 11) is 0. The van der Waals surface area contributed by atoms with Crippen molar-refractivity contribution in [3.8, 4) is 0 Å². The molecular weight excluding hydrogens is 300 g/mol. The van der Waals surface area contributed by atoms with Crippen molar-refractivity contribution >= 4 is 16.9 Å². The molecule has 5 nitrogen and oxygen atoms in total. The third-order valence-electron chi connectivity index (χ3n) is 3.57. The second kappa shape index (κ2) is 6.29. The van der Waals surface area contributed by atoms with Crippen molar-refractivity contribution in [2.45, 2.75) is 19.9 Å². The molecule has 0 spiro atoms. The molecule has 3 rings (SSSR count). The van der Waals surface area contributed by atoms with Gasteiger partial charge in [0.05, 0.1) is 11.1 Å². The fraction of sp³-hybridized carbons (Fsp3) is 0.250. The summed E-state index contributed by atoms with van der Waals surface area (Å²) in [5.41, 5.74) is 6.78. The average Bonchev–Trinajstić information content (AvgIpc) is 2.83. The third-order valence-corrected chi connectivity index (χ3v) is 3.57. The molecule has 0 saturated heterocycles. The van der Waals surface area contributed by atoms with Crippen LogP contribution in [0.25, 0.3) is 11.0 Å². The highest BCUT2D eigenvalue weighted by molar-refractivity contribution is 5.88. The van der Waals surface area contributed by atoms with Crippen LogP contribution in [0.4, 0.5) is 14.6 Å². The summed E-state index contributed by atoms with van der Waals surface area (Å²) >= 11 is 0. The van der Waals surface area contributed by atoms with Crippen molar-refractivity contribution in [1.82, 2.24) is 15.0 Å². The predicted octanol–water partition coefficient (Wildman–Crippen LogP) is 2.66. The van der Waals surface area contributed by atoms with Gasteiger partial charge in [0.2, 0.25) is 0 Å². The Labute approximate surface area is 131 Å². The van der Waals surface area contributed by atoms with E-state index in [2.05, 4.69) is 20.3 Å². The van der Waals surface area contributed by atoms with Crippen LogP contribution in [0.2, 0.25) is 0 Å². The molecule has 0 amide bonds. The highest BCUT2D eigenvalue weighted by Crippen LogP contribution is 2.26. The minimum Gasteiger partial charge on any atom is -0.365 e. The largest absolute Gasteiger partial charge is 0.365 e. The van der Waals surface area contributed by atoms with Gasteiger partial charge >= 0.3 is 0 Å². The van der Waals surface area contributed by atoms with Crippen LogP contribution in [0, 0.1) is 18.6 Å². The molecule has 0 saturated carbocycles. The molecule has 7 heteroatoms. The number of aromatic amines is 1. The molecule has 0 unspecified atom stereocenters. The van der Waals surface area contributed by atoms with Crippen molar-refractivity contribution in [2.75, 3.05) is 11.9 Å². The predicted molar refractivity (Wildman–Crippen MR) is 85.1 cm³/mol. The first-order valence-corrected chi connectivity index (χ1v) is 7.32. The number of benzene rings is 1. The zero-order chi connectivity index (χ0) is 16.4. The molecule has 3 aromatic rings. The van der Waals surface area contributed by atoms with Crippen LogP contribution in [-0.2, 0) is 13.0 Å². The van der Waals surface area contributed by atoms with E-state index in [4.69, 9.17) is 5.73 Å². The molecule has 0 aliphatic rings. The summed E-state index contributed by atoms with van der Waals surface area (Å²) in [6.07, 6.45) is 0.383. The van der Waals surface area contributed by atoms with Crippen LogP contribution >= 0.6 is 0 Å². The Morgan fingerprint density at radius 3 is 2.74 bits per heavy atom. The van der Waals surface area contributed by atoms with E-state index in [1.807, 2.05) is 0 Å². The summed E-state index contributed by atoms with van der Waals surface area (Å²) in [4.78, 5) is 11.4. The number of aromatic nitrogens is 3. The van der Waals surface area contributed by atoms with E-state index in [0.29, 0.717) is 41.5 Å². The molecule has 2 heterocycles. The Balaban J connectivity index is 1.98. The fourth-order valence-corrected chi connectivity index (χ4v) is 2.48. The standard InChI is InChI=1S/C16H17F2N5/c1-9-21-15(20-8-10-4-2-3-5-11(10)17)13-14(18)12(6-7-19)23-16(13)22-9/h2-5H,6-8,19H2,1H3,(H2,20,21,22,23). The van der Waals surface area contributed by atoms with E-state index >= 15 is 0 Å². The number of halogens is 2. The van der Waals surface area contributed by atoms with Crippen LogP contribution in [0.15, 0.2) is 24.3 Å². The van der Waals surface area contributed by atoms with E-state index in [1.54, 1.807) is 25.1 Å². The first-order chi connectivity index (χ1) is 11.1. The summed E-state index contributed by atoms with van der Waals surface area (Å²) in [6.45, 7) is 2.25. The quantitative estimate of drug-likeness (QED) is 0.676. The average molecular weight is 317 g/mol. The van der Waals surface area contributed by atoms with Crippen LogP contribution < -0.4 is 11.1 Å². The molecule has 4 N–H and O–H groups in total. The van der Waals surface area contributed by atoms with E-state index in [9.17, 15) is 8.78 Å². The Bertz CT molecular complexity index is 844. The number of rotatable bonds is 5. The lowest BCUT2D eigenvalue weighted by Gasteiger charge is -2.08. The van der Waals surface area contributed by atoms with E-state index in [-0.39, 0.29) is 17.7 Å². The lowest BCUT2D eigenvalue weighted by molar-refractivity contribution is 0.612. The minimum absolute atomic E-state index is 0.203. The number of fused-ring (bicyclic) bond motifs is 1. The summed E-state index contributed by atoms with van der Waals surface area (Å²) in [6, 6.07) is 6.42. The smallest absolute Gasteiger partial charge is 0.157 e. The van der Waals surface area contributed by atoms with Gasteiger partial charge in [0, 0.05) is 18.5 Å². The highest BCUT2D eigenvalue weighted by atomic mass is 19.1. The van der Waals surface area contributed by atoms with Crippen molar-refractivity contribution in [3.05, 3.63) is 53.0 Å². The van der Waals surface area contributed by atoms with Crippen LogP contribution in [0.5, 0.6) is 0 Å². The number of aryl methyl sites for hydroxylation is 1. The van der Waals surface area contributed by atoms with Gasteiger partial charge in [-0.05, 0) is 19.5 Å². The Morgan fingerprint density at radius 1 is 1.22 bits per heavy atom. The summed E-state index contributed by atoms with van der Waals surface area (Å²) in [5.74, 6) is 0.101. The second-order valence-corrected chi connectivity index (χ2v) is 5.24. The van der Waals surface area contributed by atoms with Gasteiger partial charge in [0.25, 0.3) is 0 Å². The fourth-order valence-electron chi connectivity index (χ4n) is 2.48. The van der Waals surface area contributed by atoms with Crippen molar-refractivity contribution in [3.63, 3.8) is 0 Å². The van der Waals surface area contributed by atoms with E-state index < -0.39 is 5.82 Å². The van der Waals surface area contributed by atoms with Gasteiger partial charge in [-0.1, -0.05) is 18.2 Å². The molecule has 1 aromatic carbocycles. The normalized spacial score (nSPS) is 11.1. The number of anilines is 1. The van der Waals surface area contributed by atoms with Crippen molar-refractivity contribution in [1.29, 1.82) is 0 Å². The number of nitrogens with two attached hydrogens (primary N) is 1. The van der Waals surface area contributed by atoms with Crippen LogP contribution in [0.3, 0.4) is 0 Å². The molecule has 0 fully saturated rings. The Morgan fingerprint density at radius 2 is 2.00 bits per heavy atom. The topological polar surface area (TPSA) is 79.6 Å². The van der Waals surface area contributed by atoms with Gasteiger partial charge in [0.15, 0.2) is 5.82 Å². The molecule has 23 heavy (non-hydrogen) atoms. The Kier molecular flexibility index (Phi) is 4.20. The van der Waals surface area contributed by atoms with E-state index in [0.717, 1.165) is 0 Å². The highest BCUT2D eigenvalue weighted by Gasteiger charge is 2.17. The molecule has 0 radical (unpaired) electrons. The summed E-state index contributed by atoms with van der Waals surface area (Å²) in [5, 5.41) is 3.27. The van der Waals surface area contributed by atoms with Gasteiger partial charge in [-0.3, -0.25) is 0 Å². The lowest BCUT2D eigenvalue weighted by Crippen LogP contribution is -2.06. The first-order valence-electron chi connectivity index (χ1n) is 7.32. The zero-order valence-electron chi connectivity index (χ0n) is 12.7. The molecule has 0 atom stereocenters. The molecule has 2 aromatic heterocycles. The molecule has 0 aliphatic heterocycles. The number of H-pyrrole nitrogens is 1. The zero-order valence-corrected chi connectivity index (χ0v) is 12.7. The summed E-state index contributed by atoms with van der Waals surface area (Å²) < 4.78 is 28.2. The first kappa shape index (κ1) is 15.4. The Hall–Kier alpha value is -2.54. The number of nitrogens with one attached hydrogen (secondary N) is 2.